The zero-order chi connectivity index (χ0) is 13.5. The van der Waals surface area contributed by atoms with E-state index in [4.69, 9.17) is 15.2 Å². The molecule has 0 amide bonds. The number of ether oxygens (including phenoxy) is 2. The van der Waals surface area contributed by atoms with E-state index < -0.39 is 5.97 Å². The van der Waals surface area contributed by atoms with Gasteiger partial charge in [-0.05, 0) is 34.5 Å². The fourth-order valence-electron chi connectivity index (χ4n) is 1.27. The quantitative estimate of drug-likeness (QED) is 0.466. The second-order valence-corrected chi connectivity index (χ2v) is 5.37. The molecule has 0 atom stereocenters. The summed E-state index contributed by atoms with van der Waals surface area (Å²) in [6, 6.07) is 3.41. The van der Waals surface area contributed by atoms with E-state index in [9.17, 15) is 4.79 Å². The Morgan fingerprint density at radius 3 is 2.67 bits per heavy atom. The van der Waals surface area contributed by atoms with Gasteiger partial charge in [-0.15, -0.1) is 0 Å². The van der Waals surface area contributed by atoms with Crippen LogP contribution in [0.1, 0.15) is 23.7 Å². The van der Waals surface area contributed by atoms with Gasteiger partial charge < -0.3 is 15.2 Å². The smallest absolute Gasteiger partial charge is 0.340 e. The van der Waals surface area contributed by atoms with E-state index in [0.717, 1.165) is 10.9 Å². The van der Waals surface area contributed by atoms with Crippen molar-refractivity contribution in [1.82, 2.24) is 0 Å². The second-order valence-electron chi connectivity index (χ2n) is 3.60. The van der Waals surface area contributed by atoms with Gasteiger partial charge in [0, 0.05) is 15.6 Å². The molecule has 1 aromatic rings. The number of benzene rings is 1. The summed E-state index contributed by atoms with van der Waals surface area (Å²) in [4.78, 5) is 11.8. The van der Waals surface area contributed by atoms with E-state index in [1.807, 2.05) is 6.92 Å². The number of hydrogen-bond acceptors (Lipinski definition) is 4. The fraction of sp³-hybridized carbons (Fsp3) is 0.417. The van der Waals surface area contributed by atoms with E-state index in [1.54, 1.807) is 12.1 Å². The molecule has 0 radical (unpaired) electrons. The highest BCUT2D eigenvalue weighted by atomic mass is 79.9. The molecule has 0 aliphatic rings. The fourth-order valence-corrected chi connectivity index (χ4v) is 2.50. The summed E-state index contributed by atoms with van der Waals surface area (Å²) in [7, 11) is 0. The molecular formula is C12H15Br2NO3. The van der Waals surface area contributed by atoms with Crippen LogP contribution in [-0.4, -0.2) is 25.8 Å². The van der Waals surface area contributed by atoms with Crippen LogP contribution >= 0.6 is 31.9 Å². The predicted molar refractivity (Wildman–Crippen MR) is 77.6 cm³/mol. The minimum absolute atomic E-state index is 0.225. The Morgan fingerprint density at radius 2 is 2.00 bits per heavy atom. The zero-order valence-electron chi connectivity index (χ0n) is 10.0. The molecule has 0 fully saturated rings. The van der Waals surface area contributed by atoms with Gasteiger partial charge in [0.1, 0.15) is 6.61 Å². The minimum Gasteiger partial charge on any atom is -0.460 e. The summed E-state index contributed by atoms with van der Waals surface area (Å²) < 4.78 is 11.7. The molecule has 0 aliphatic carbocycles. The molecule has 18 heavy (non-hydrogen) atoms. The molecule has 0 bridgehead atoms. The SMILES string of the molecule is CCCOCCOC(=O)c1cc(Br)cc(Br)c1N. The van der Waals surface area contributed by atoms with Crippen molar-refractivity contribution < 1.29 is 14.3 Å². The molecule has 6 heteroatoms. The Bertz CT molecular complexity index is 424. The maximum Gasteiger partial charge on any atom is 0.340 e. The average molecular weight is 381 g/mol. The molecule has 4 nitrogen and oxygen atoms in total. The summed E-state index contributed by atoms with van der Waals surface area (Å²) in [5, 5.41) is 0. The van der Waals surface area contributed by atoms with Crippen LogP contribution in [0.25, 0.3) is 0 Å². The van der Waals surface area contributed by atoms with Gasteiger partial charge in [-0.2, -0.15) is 0 Å². The summed E-state index contributed by atoms with van der Waals surface area (Å²) in [5.41, 5.74) is 6.52. The first-order chi connectivity index (χ1) is 8.56. The third-order valence-electron chi connectivity index (χ3n) is 2.12. The Kier molecular flexibility index (Phi) is 6.67. The third-order valence-corrected chi connectivity index (χ3v) is 3.24. The van der Waals surface area contributed by atoms with Crippen LogP contribution in [0.5, 0.6) is 0 Å². The van der Waals surface area contributed by atoms with Crippen molar-refractivity contribution in [2.24, 2.45) is 0 Å². The predicted octanol–water partition coefficient (Wildman–Crippen LogP) is 3.38. The molecule has 0 aliphatic heterocycles. The maximum absolute atomic E-state index is 11.8. The summed E-state index contributed by atoms with van der Waals surface area (Å²) in [6.45, 7) is 3.31. The first-order valence-corrected chi connectivity index (χ1v) is 7.14. The van der Waals surface area contributed by atoms with Gasteiger partial charge in [-0.1, -0.05) is 22.9 Å². The molecular weight excluding hydrogens is 366 g/mol. The van der Waals surface area contributed by atoms with Crippen molar-refractivity contribution >= 4 is 43.5 Å². The van der Waals surface area contributed by atoms with Crippen LogP contribution in [0.15, 0.2) is 21.1 Å². The first kappa shape index (κ1) is 15.5. The van der Waals surface area contributed by atoms with Crippen molar-refractivity contribution in [3.05, 3.63) is 26.6 Å². The van der Waals surface area contributed by atoms with E-state index in [1.165, 1.54) is 0 Å². The van der Waals surface area contributed by atoms with Crippen molar-refractivity contribution in [2.75, 3.05) is 25.6 Å². The number of halogens is 2. The van der Waals surface area contributed by atoms with Crippen LogP contribution in [-0.2, 0) is 9.47 Å². The summed E-state index contributed by atoms with van der Waals surface area (Å²) in [6.07, 6.45) is 0.944. The van der Waals surface area contributed by atoms with Crippen molar-refractivity contribution in [3.63, 3.8) is 0 Å². The number of rotatable bonds is 6. The van der Waals surface area contributed by atoms with Crippen LogP contribution in [0.2, 0.25) is 0 Å². The second kappa shape index (κ2) is 7.76. The zero-order valence-corrected chi connectivity index (χ0v) is 13.2. The number of hydrogen-bond donors (Lipinski definition) is 1. The van der Waals surface area contributed by atoms with Crippen LogP contribution in [0.3, 0.4) is 0 Å². The lowest BCUT2D eigenvalue weighted by molar-refractivity contribution is 0.0319. The van der Waals surface area contributed by atoms with Crippen molar-refractivity contribution in [1.29, 1.82) is 0 Å². The third kappa shape index (κ3) is 4.59. The number of esters is 1. The number of nitrogen functional groups attached to an aromatic ring is 1. The highest BCUT2D eigenvalue weighted by Crippen LogP contribution is 2.28. The largest absolute Gasteiger partial charge is 0.460 e. The monoisotopic (exact) mass is 379 g/mol. The van der Waals surface area contributed by atoms with Gasteiger partial charge in [-0.25, -0.2) is 4.79 Å². The molecule has 1 rings (SSSR count). The molecule has 0 aromatic heterocycles. The summed E-state index contributed by atoms with van der Waals surface area (Å²) in [5.74, 6) is -0.449. The number of carbonyl (C=O) groups excluding carboxylic acids is 1. The molecule has 0 heterocycles. The number of carbonyl (C=O) groups is 1. The number of anilines is 1. The maximum atomic E-state index is 11.8. The molecule has 1 aromatic carbocycles. The lowest BCUT2D eigenvalue weighted by atomic mass is 10.2. The van der Waals surface area contributed by atoms with E-state index in [2.05, 4.69) is 31.9 Å². The Labute approximate surface area is 123 Å². The van der Waals surface area contributed by atoms with Crippen molar-refractivity contribution in [2.45, 2.75) is 13.3 Å². The molecule has 0 saturated heterocycles. The van der Waals surface area contributed by atoms with E-state index in [0.29, 0.717) is 28.9 Å². The molecule has 0 saturated carbocycles. The average Bonchev–Trinajstić information content (AvgIpc) is 2.33. The Balaban J connectivity index is 2.56. The highest BCUT2D eigenvalue weighted by molar-refractivity contribution is 9.11. The summed E-state index contributed by atoms with van der Waals surface area (Å²) >= 11 is 6.58. The lowest BCUT2D eigenvalue weighted by Gasteiger charge is -2.09. The van der Waals surface area contributed by atoms with Gasteiger partial charge in [0.15, 0.2) is 0 Å². The normalized spacial score (nSPS) is 10.4. The van der Waals surface area contributed by atoms with Crippen molar-refractivity contribution in [3.8, 4) is 0 Å². The molecule has 0 unspecified atom stereocenters. The van der Waals surface area contributed by atoms with Crippen LogP contribution < -0.4 is 5.73 Å². The number of nitrogens with two attached hydrogens (primary N) is 1. The topological polar surface area (TPSA) is 61.5 Å². The van der Waals surface area contributed by atoms with Gasteiger partial charge >= 0.3 is 5.97 Å². The van der Waals surface area contributed by atoms with E-state index >= 15 is 0 Å². The van der Waals surface area contributed by atoms with Gasteiger partial charge in [-0.3, -0.25) is 0 Å². The van der Waals surface area contributed by atoms with Gasteiger partial charge in [0.05, 0.1) is 17.9 Å². The molecule has 2 N–H and O–H groups in total. The molecule has 100 valence electrons. The van der Waals surface area contributed by atoms with Crippen LogP contribution in [0.4, 0.5) is 5.69 Å². The minimum atomic E-state index is -0.449. The molecule has 0 spiro atoms. The standard InChI is InChI=1S/C12H15Br2NO3/c1-2-3-17-4-5-18-12(16)9-6-8(13)7-10(14)11(9)15/h6-7H,2-5,15H2,1H3. The lowest BCUT2D eigenvalue weighted by Crippen LogP contribution is -2.13. The van der Waals surface area contributed by atoms with Gasteiger partial charge in [0.2, 0.25) is 0 Å². The first-order valence-electron chi connectivity index (χ1n) is 5.55. The van der Waals surface area contributed by atoms with Crippen LogP contribution in [0, 0.1) is 0 Å². The highest BCUT2D eigenvalue weighted by Gasteiger charge is 2.14. The van der Waals surface area contributed by atoms with E-state index in [-0.39, 0.29) is 6.61 Å². The van der Waals surface area contributed by atoms with Gasteiger partial charge in [0.25, 0.3) is 0 Å². The Hall–Kier alpha value is -0.590. The Morgan fingerprint density at radius 1 is 1.28 bits per heavy atom.